The van der Waals surface area contributed by atoms with Crippen LogP contribution in [0.2, 0.25) is 0 Å². The molecular formula is C21H17IN2O4. The summed E-state index contributed by atoms with van der Waals surface area (Å²) in [4.78, 5) is 11.8. The van der Waals surface area contributed by atoms with E-state index in [2.05, 4.69) is 28.7 Å². The van der Waals surface area contributed by atoms with Crippen molar-refractivity contribution in [1.29, 1.82) is 10.5 Å². The zero-order valence-corrected chi connectivity index (χ0v) is 17.5. The molecule has 0 aliphatic carbocycles. The lowest BCUT2D eigenvalue weighted by Crippen LogP contribution is -2.06. The van der Waals surface area contributed by atoms with Gasteiger partial charge in [0, 0.05) is 5.56 Å². The fourth-order valence-electron chi connectivity index (χ4n) is 2.38. The second kappa shape index (κ2) is 10.3. The van der Waals surface area contributed by atoms with Crippen LogP contribution < -0.4 is 9.47 Å². The van der Waals surface area contributed by atoms with Gasteiger partial charge in [0.15, 0.2) is 11.5 Å². The maximum absolute atomic E-state index is 11.8. The zero-order valence-electron chi connectivity index (χ0n) is 15.4. The molecule has 0 aromatic heterocycles. The second-order valence-corrected chi connectivity index (χ2v) is 6.64. The molecule has 7 heteroatoms. The lowest BCUT2D eigenvalue weighted by atomic mass is 10.1. The first-order valence-corrected chi connectivity index (χ1v) is 9.39. The summed E-state index contributed by atoms with van der Waals surface area (Å²) in [5.41, 5.74) is 1.82. The van der Waals surface area contributed by atoms with Crippen molar-refractivity contribution in [3.05, 3.63) is 62.2 Å². The molecule has 0 radical (unpaired) electrons. The first kappa shape index (κ1) is 21.3. The number of ether oxygens (including phenoxy) is 3. The van der Waals surface area contributed by atoms with Gasteiger partial charge in [-0.25, -0.2) is 4.79 Å². The number of hydrogen-bond donors (Lipinski definition) is 0. The Morgan fingerprint density at radius 2 is 2.00 bits per heavy atom. The highest BCUT2D eigenvalue weighted by Gasteiger charge is 2.15. The van der Waals surface area contributed by atoms with Crippen LogP contribution >= 0.6 is 22.6 Å². The SMILES string of the molecule is CCOC(=O)/C(C#N)=C\c1cc(I)c(OCc2ccccc2C#N)c(OC)c1. The predicted molar refractivity (Wildman–Crippen MR) is 111 cm³/mol. The van der Waals surface area contributed by atoms with Crippen LogP contribution in [0, 0.1) is 26.2 Å². The number of hydrogen-bond acceptors (Lipinski definition) is 6. The van der Waals surface area contributed by atoms with Crippen LogP contribution in [0.15, 0.2) is 42.0 Å². The van der Waals surface area contributed by atoms with E-state index in [-0.39, 0.29) is 18.8 Å². The van der Waals surface area contributed by atoms with Crippen molar-refractivity contribution >= 4 is 34.6 Å². The highest BCUT2D eigenvalue weighted by molar-refractivity contribution is 14.1. The van der Waals surface area contributed by atoms with Crippen LogP contribution in [-0.2, 0) is 16.1 Å². The monoisotopic (exact) mass is 488 g/mol. The summed E-state index contributed by atoms with van der Waals surface area (Å²) in [6, 6.07) is 14.6. The van der Waals surface area contributed by atoms with Gasteiger partial charge in [0.1, 0.15) is 18.2 Å². The molecule has 0 N–H and O–H groups in total. The predicted octanol–water partition coefficient (Wildman–Crippen LogP) is 4.22. The third-order valence-electron chi connectivity index (χ3n) is 3.69. The summed E-state index contributed by atoms with van der Waals surface area (Å²) in [5.74, 6) is 0.295. The number of carbonyl (C=O) groups excluding carboxylic acids is 1. The molecule has 0 aliphatic heterocycles. The number of nitriles is 2. The van der Waals surface area contributed by atoms with Gasteiger partial charge in [-0.15, -0.1) is 0 Å². The van der Waals surface area contributed by atoms with E-state index in [1.54, 1.807) is 31.2 Å². The average Bonchev–Trinajstić information content (AvgIpc) is 2.71. The Labute approximate surface area is 177 Å². The van der Waals surface area contributed by atoms with Gasteiger partial charge in [0.2, 0.25) is 0 Å². The van der Waals surface area contributed by atoms with Crippen molar-refractivity contribution in [2.45, 2.75) is 13.5 Å². The van der Waals surface area contributed by atoms with Gasteiger partial charge in [-0.2, -0.15) is 10.5 Å². The fourth-order valence-corrected chi connectivity index (χ4v) is 3.16. The van der Waals surface area contributed by atoms with Crippen LogP contribution in [0.5, 0.6) is 11.5 Å². The summed E-state index contributed by atoms with van der Waals surface area (Å²) in [5, 5.41) is 18.4. The molecule has 2 aromatic carbocycles. The molecule has 0 fully saturated rings. The maximum Gasteiger partial charge on any atom is 0.348 e. The minimum absolute atomic E-state index is 0.101. The first-order valence-electron chi connectivity index (χ1n) is 8.31. The normalized spacial score (nSPS) is 10.5. The van der Waals surface area contributed by atoms with Gasteiger partial charge in [0.05, 0.1) is 28.9 Å². The number of nitrogens with zero attached hydrogens (tertiary/aromatic N) is 2. The van der Waals surface area contributed by atoms with E-state index < -0.39 is 5.97 Å². The largest absolute Gasteiger partial charge is 0.493 e. The molecule has 0 atom stereocenters. The molecule has 0 amide bonds. The van der Waals surface area contributed by atoms with Crippen LogP contribution in [-0.4, -0.2) is 19.7 Å². The Morgan fingerprint density at radius 3 is 2.64 bits per heavy atom. The summed E-state index contributed by atoms with van der Waals surface area (Å²) in [6.07, 6.45) is 1.44. The van der Waals surface area contributed by atoms with Gasteiger partial charge in [0.25, 0.3) is 0 Å². The Morgan fingerprint density at radius 1 is 1.25 bits per heavy atom. The third-order valence-corrected chi connectivity index (χ3v) is 4.49. The van der Waals surface area contributed by atoms with E-state index >= 15 is 0 Å². The molecule has 0 saturated heterocycles. The van der Waals surface area contributed by atoms with Gasteiger partial charge >= 0.3 is 5.97 Å². The average molecular weight is 488 g/mol. The van der Waals surface area contributed by atoms with Crippen molar-refractivity contribution < 1.29 is 19.0 Å². The van der Waals surface area contributed by atoms with Gasteiger partial charge in [-0.05, 0) is 59.4 Å². The molecule has 2 rings (SSSR count). The number of rotatable bonds is 7. The van der Waals surface area contributed by atoms with E-state index in [0.717, 1.165) is 9.13 Å². The van der Waals surface area contributed by atoms with Crippen molar-refractivity contribution in [3.63, 3.8) is 0 Å². The number of carbonyl (C=O) groups is 1. The molecule has 0 heterocycles. The van der Waals surface area contributed by atoms with Crippen molar-refractivity contribution in [1.82, 2.24) is 0 Å². The third kappa shape index (κ3) is 5.24. The molecule has 6 nitrogen and oxygen atoms in total. The number of esters is 1. The Kier molecular flexibility index (Phi) is 7.85. The first-order chi connectivity index (χ1) is 13.5. The number of halogens is 1. The lowest BCUT2D eigenvalue weighted by Gasteiger charge is -2.14. The topological polar surface area (TPSA) is 92.3 Å². The summed E-state index contributed by atoms with van der Waals surface area (Å²) >= 11 is 2.09. The minimum atomic E-state index is -0.674. The van der Waals surface area contributed by atoms with Crippen LogP contribution in [0.4, 0.5) is 0 Å². The summed E-state index contributed by atoms with van der Waals surface area (Å²) in [7, 11) is 1.51. The molecule has 0 aliphatic rings. The standard InChI is InChI=1S/C21H17IN2O4/c1-3-27-21(25)17(12-24)8-14-9-18(22)20(19(10-14)26-2)28-13-16-7-5-4-6-15(16)11-23/h4-10H,3,13H2,1-2H3/b17-8-. The van der Waals surface area contributed by atoms with Crippen molar-refractivity contribution in [3.8, 4) is 23.6 Å². The second-order valence-electron chi connectivity index (χ2n) is 5.48. The Balaban J connectivity index is 2.32. The molecule has 142 valence electrons. The van der Waals surface area contributed by atoms with E-state index in [1.165, 1.54) is 13.2 Å². The van der Waals surface area contributed by atoms with E-state index in [0.29, 0.717) is 22.6 Å². The minimum Gasteiger partial charge on any atom is -0.493 e. The van der Waals surface area contributed by atoms with E-state index in [1.807, 2.05) is 18.2 Å². The molecular weight excluding hydrogens is 471 g/mol. The Hall–Kier alpha value is -3.04. The quantitative estimate of drug-likeness (QED) is 0.251. The molecule has 0 unspecified atom stereocenters. The molecule has 0 bridgehead atoms. The van der Waals surface area contributed by atoms with Crippen molar-refractivity contribution in [2.75, 3.05) is 13.7 Å². The van der Waals surface area contributed by atoms with Crippen molar-refractivity contribution in [2.24, 2.45) is 0 Å². The van der Waals surface area contributed by atoms with E-state index in [9.17, 15) is 15.3 Å². The Bertz CT molecular complexity index is 987. The van der Waals surface area contributed by atoms with Gasteiger partial charge < -0.3 is 14.2 Å². The summed E-state index contributed by atoms with van der Waals surface area (Å²) < 4.78 is 16.9. The summed E-state index contributed by atoms with van der Waals surface area (Å²) in [6.45, 7) is 2.07. The molecule has 0 saturated carbocycles. The maximum atomic E-state index is 11.8. The molecule has 28 heavy (non-hydrogen) atoms. The van der Waals surface area contributed by atoms with Gasteiger partial charge in [-0.1, -0.05) is 18.2 Å². The fraction of sp³-hybridized carbons (Fsp3) is 0.190. The van der Waals surface area contributed by atoms with Gasteiger partial charge in [-0.3, -0.25) is 0 Å². The smallest absolute Gasteiger partial charge is 0.348 e. The van der Waals surface area contributed by atoms with Crippen LogP contribution in [0.25, 0.3) is 6.08 Å². The van der Waals surface area contributed by atoms with E-state index in [4.69, 9.17) is 14.2 Å². The lowest BCUT2D eigenvalue weighted by molar-refractivity contribution is -0.137. The highest BCUT2D eigenvalue weighted by atomic mass is 127. The highest BCUT2D eigenvalue weighted by Crippen LogP contribution is 2.35. The molecule has 0 spiro atoms. The zero-order chi connectivity index (χ0) is 20.5. The number of methoxy groups -OCH3 is 1. The molecule has 2 aromatic rings. The number of benzene rings is 2. The van der Waals surface area contributed by atoms with Crippen LogP contribution in [0.3, 0.4) is 0 Å². The van der Waals surface area contributed by atoms with Crippen LogP contribution in [0.1, 0.15) is 23.6 Å².